The predicted molar refractivity (Wildman–Crippen MR) is 92.4 cm³/mol. The van der Waals surface area contributed by atoms with Crippen molar-refractivity contribution in [1.82, 2.24) is 4.98 Å². The van der Waals surface area contributed by atoms with Crippen molar-refractivity contribution in [1.29, 1.82) is 0 Å². The second-order valence-electron chi connectivity index (χ2n) is 7.30. The van der Waals surface area contributed by atoms with Crippen LogP contribution in [-0.4, -0.2) is 29.2 Å². The molecule has 1 aromatic rings. The first-order valence-electron chi connectivity index (χ1n) is 8.75. The summed E-state index contributed by atoms with van der Waals surface area (Å²) in [4.78, 5) is 16.3. The number of hydrogen-bond acceptors (Lipinski definition) is 4. The van der Waals surface area contributed by atoms with Crippen molar-refractivity contribution in [3.05, 3.63) is 29.6 Å². The molecular formula is C18H24F3NO3S. The molecule has 0 unspecified atom stereocenters. The molecule has 2 rings (SSSR count). The fraction of sp³-hybridized carbons (Fsp3) is 0.667. The van der Waals surface area contributed by atoms with Crippen molar-refractivity contribution >= 4 is 15.6 Å². The fourth-order valence-electron chi connectivity index (χ4n) is 3.20. The van der Waals surface area contributed by atoms with Crippen LogP contribution in [0.2, 0.25) is 0 Å². The Morgan fingerprint density at radius 2 is 1.69 bits per heavy atom. The van der Waals surface area contributed by atoms with E-state index in [1.165, 1.54) is 13.8 Å². The van der Waals surface area contributed by atoms with E-state index < -0.39 is 37.4 Å². The molecule has 0 amide bonds. The van der Waals surface area contributed by atoms with Crippen LogP contribution in [0.3, 0.4) is 0 Å². The van der Waals surface area contributed by atoms with Crippen molar-refractivity contribution in [3.63, 3.8) is 0 Å². The predicted octanol–water partition coefficient (Wildman–Crippen LogP) is 4.13. The highest BCUT2D eigenvalue weighted by atomic mass is 32.2. The molecule has 146 valence electrons. The summed E-state index contributed by atoms with van der Waals surface area (Å²) in [5, 5.41) is -0.537. The van der Waals surface area contributed by atoms with Crippen molar-refractivity contribution in [2.75, 3.05) is 0 Å². The molecule has 0 aromatic carbocycles. The number of nitrogens with zero attached hydrogens (tertiary/aromatic N) is 1. The highest BCUT2D eigenvalue weighted by Crippen LogP contribution is 2.32. The SMILES string of the molecule is CC(C)(C(=O)Cc1ccc(C(F)(F)F)cn1)S(=O)(=O)C1CCCCCC1. The summed E-state index contributed by atoms with van der Waals surface area (Å²) in [7, 11) is -3.69. The Labute approximate surface area is 152 Å². The van der Waals surface area contributed by atoms with Gasteiger partial charge >= 0.3 is 6.18 Å². The molecule has 1 fully saturated rings. The van der Waals surface area contributed by atoms with Gasteiger partial charge in [-0.1, -0.05) is 25.7 Å². The van der Waals surface area contributed by atoms with E-state index >= 15 is 0 Å². The Balaban J connectivity index is 2.16. The van der Waals surface area contributed by atoms with Gasteiger partial charge in [0.1, 0.15) is 4.75 Å². The minimum atomic E-state index is -4.50. The van der Waals surface area contributed by atoms with Crippen LogP contribution in [0.25, 0.3) is 0 Å². The van der Waals surface area contributed by atoms with Crippen molar-refractivity contribution in [3.8, 4) is 0 Å². The summed E-state index contributed by atoms with van der Waals surface area (Å²) < 4.78 is 62.1. The number of hydrogen-bond donors (Lipinski definition) is 0. The Morgan fingerprint density at radius 1 is 1.12 bits per heavy atom. The lowest BCUT2D eigenvalue weighted by atomic mass is 10.0. The Morgan fingerprint density at radius 3 is 2.15 bits per heavy atom. The number of carbonyl (C=O) groups is 1. The molecule has 26 heavy (non-hydrogen) atoms. The monoisotopic (exact) mass is 391 g/mol. The van der Waals surface area contributed by atoms with E-state index in [1.54, 1.807) is 0 Å². The maximum absolute atomic E-state index is 13.0. The van der Waals surface area contributed by atoms with E-state index in [9.17, 15) is 26.4 Å². The fourth-order valence-corrected chi connectivity index (χ4v) is 5.38. The average molecular weight is 391 g/mol. The molecule has 1 saturated carbocycles. The second kappa shape index (κ2) is 7.66. The van der Waals surface area contributed by atoms with Gasteiger partial charge in [0.15, 0.2) is 15.6 Å². The Kier molecular flexibility index (Phi) is 6.15. The van der Waals surface area contributed by atoms with Gasteiger partial charge in [0.25, 0.3) is 0 Å². The number of rotatable bonds is 5. The maximum atomic E-state index is 13.0. The first-order chi connectivity index (χ1) is 12.0. The van der Waals surface area contributed by atoms with Crippen LogP contribution in [0.1, 0.15) is 63.6 Å². The summed E-state index contributed by atoms with van der Waals surface area (Å²) in [6.07, 6.45) is 0.605. The molecule has 0 atom stereocenters. The highest BCUT2D eigenvalue weighted by molar-refractivity contribution is 7.94. The summed E-state index contributed by atoms with van der Waals surface area (Å²) >= 11 is 0. The zero-order valence-electron chi connectivity index (χ0n) is 15.0. The third kappa shape index (κ3) is 4.45. The number of sulfone groups is 1. The summed E-state index contributed by atoms with van der Waals surface area (Å²) in [6.45, 7) is 2.78. The Bertz CT molecular complexity index is 732. The molecule has 1 heterocycles. The third-order valence-electron chi connectivity index (χ3n) is 5.12. The van der Waals surface area contributed by atoms with Gasteiger partial charge < -0.3 is 0 Å². The van der Waals surface area contributed by atoms with Gasteiger partial charge in [-0.15, -0.1) is 0 Å². The molecule has 0 radical (unpaired) electrons. The van der Waals surface area contributed by atoms with E-state index in [-0.39, 0.29) is 12.1 Å². The van der Waals surface area contributed by atoms with Crippen molar-refractivity contribution in [2.24, 2.45) is 0 Å². The molecule has 0 aliphatic heterocycles. The quantitative estimate of drug-likeness (QED) is 0.708. The number of carbonyl (C=O) groups excluding carboxylic acids is 1. The minimum absolute atomic E-state index is 0.132. The normalized spacial score (nSPS) is 17.7. The topological polar surface area (TPSA) is 64.1 Å². The van der Waals surface area contributed by atoms with E-state index in [2.05, 4.69) is 4.98 Å². The molecule has 1 aliphatic rings. The smallest absolute Gasteiger partial charge is 0.298 e. The standard InChI is InChI=1S/C18H24F3NO3S/c1-17(2,26(24,25)15-7-5-3-4-6-8-15)16(23)11-14-10-9-13(12-22-14)18(19,20)21/h9-10,12,15H,3-8,11H2,1-2H3. The van der Waals surface area contributed by atoms with E-state index in [1.807, 2.05) is 0 Å². The third-order valence-corrected chi connectivity index (χ3v) is 8.12. The summed E-state index contributed by atoms with van der Waals surface area (Å²) in [6, 6.07) is 1.97. The molecule has 4 nitrogen and oxygen atoms in total. The van der Waals surface area contributed by atoms with Crippen LogP contribution < -0.4 is 0 Å². The molecule has 0 N–H and O–H groups in total. The number of alkyl halides is 3. The van der Waals surface area contributed by atoms with Gasteiger partial charge in [0, 0.05) is 11.9 Å². The summed E-state index contributed by atoms with van der Waals surface area (Å²) in [5.41, 5.74) is -0.772. The number of aromatic nitrogens is 1. The van der Waals surface area contributed by atoms with Crippen LogP contribution in [-0.2, 0) is 27.2 Å². The van der Waals surface area contributed by atoms with Crippen LogP contribution in [0.4, 0.5) is 13.2 Å². The van der Waals surface area contributed by atoms with Crippen molar-refractivity contribution < 1.29 is 26.4 Å². The number of halogens is 3. The Hall–Kier alpha value is -1.44. The van der Waals surface area contributed by atoms with Gasteiger partial charge in [-0.3, -0.25) is 9.78 Å². The lowest BCUT2D eigenvalue weighted by molar-refractivity contribution is -0.137. The lowest BCUT2D eigenvalue weighted by Gasteiger charge is -2.28. The zero-order chi connectivity index (χ0) is 19.6. The summed E-state index contributed by atoms with van der Waals surface area (Å²) in [5.74, 6) is -0.547. The van der Waals surface area contributed by atoms with E-state index in [0.29, 0.717) is 19.0 Å². The molecule has 0 spiro atoms. The van der Waals surface area contributed by atoms with Crippen LogP contribution in [0, 0.1) is 0 Å². The first kappa shape index (κ1) is 20.9. The molecule has 1 aliphatic carbocycles. The average Bonchev–Trinajstić information content (AvgIpc) is 2.84. The molecule has 1 aromatic heterocycles. The molecule has 0 saturated heterocycles. The van der Waals surface area contributed by atoms with Gasteiger partial charge in [-0.25, -0.2) is 8.42 Å². The maximum Gasteiger partial charge on any atom is 0.417 e. The molecule has 0 bridgehead atoms. The van der Waals surface area contributed by atoms with Crippen LogP contribution in [0.15, 0.2) is 18.3 Å². The second-order valence-corrected chi connectivity index (χ2v) is 10.1. The van der Waals surface area contributed by atoms with Gasteiger partial charge in [0.2, 0.25) is 0 Å². The minimum Gasteiger partial charge on any atom is -0.298 e. The van der Waals surface area contributed by atoms with Gasteiger partial charge in [-0.2, -0.15) is 13.2 Å². The number of pyridine rings is 1. The van der Waals surface area contributed by atoms with Crippen LogP contribution in [0.5, 0.6) is 0 Å². The lowest BCUT2D eigenvalue weighted by Crippen LogP contribution is -2.46. The zero-order valence-corrected chi connectivity index (χ0v) is 15.8. The van der Waals surface area contributed by atoms with Gasteiger partial charge in [0.05, 0.1) is 17.2 Å². The largest absolute Gasteiger partial charge is 0.417 e. The van der Waals surface area contributed by atoms with E-state index in [4.69, 9.17) is 0 Å². The van der Waals surface area contributed by atoms with Crippen molar-refractivity contribution in [2.45, 2.75) is 75.0 Å². The first-order valence-corrected chi connectivity index (χ1v) is 10.3. The van der Waals surface area contributed by atoms with Gasteiger partial charge in [-0.05, 0) is 38.8 Å². The molecule has 8 heteroatoms. The highest BCUT2D eigenvalue weighted by Gasteiger charge is 2.45. The number of ketones is 1. The van der Waals surface area contributed by atoms with Crippen LogP contribution >= 0.6 is 0 Å². The van der Waals surface area contributed by atoms with E-state index in [0.717, 1.165) is 37.8 Å². The number of Topliss-reactive ketones (excluding diaryl/α,β-unsaturated/α-hetero) is 1. The molecular weight excluding hydrogens is 367 g/mol.